The summed E-state index contributed by atoms with van der Waals surface area (Å²) in [5.41, 5.74) is 11.0. The standard InChI is InChI=1S/C12H21N5O2S/c1-7(2)5-17(6-8(13)18)11(19)9-10(14)15-12(20-9)16(3)4/h7H,5-6,14H2,1-4H3,(H2,13,18). The first-order valence-electron chi connectivity index (χ1n) is 6.23. The van der Waals surface area contributed by atoms with Gasteiger partial charge < -0.3 is 21.3 Å². The zero-order valence-corrected chi connectivity index (χ0v) is 13.0. The average Bonchev–Trinajstić information content (AvgIpc) is 2.68. The lowest BCUT2D eigenvalue weighted by Crippen LogP contribution is -2.40. The normalized spacial score (nSPS) is 10.7. The first-order chi connectivity index (χ1) is 9.22. The van der Waals surface area contributed by atoms with Gasteiger partial charge in [-0.3, -0.25) is 9.59 Å². The van der Waals surface area contributed by atoms with E-state index >= 15 is 0 Å². The second-order valence-corrected chi connectivity index (χ2v) is 6.13. The van der Waals surface area contributed by atoms with Crippen LogP contribution in [-0.2, 0) is 4.79 Å². The smallest absolute Gasteiger partial charge is 0.268 e. The second kappa shape index (κ2) is 6.56. The third kappa shape index (κ3) is 4.09. The van der Waals surface area contributed by atoms with Crippen molar-refractivity contribution in [2.75, 3.05) is 37.8 Å². The molecule has 0 aliphatic carbocycles. The molecule has 7 nitrogen and oxygen atoms in total. The van der Waals surface area contributed by atoms with Crippen LogP contribution in [0, 0.1) is 5.92 Å². The molecule has 1 rings (SSSR count). The van der Waals surface area contributed by atoms with Crippen molar-refractivity contribution in [2.45, 2.75) is 13.8 Å². The number of nitrogen functional groups attached to an aromatic ring is 1. The molecule has 8 heteroatoms. The number of hydrogen-bond donors (Lipinski definition) is 2. The van der Waals surface area contributed by atoms with Crippen LogP contribution in [0.1, 0.15) is 23.5 Å². The third-order valence-corrected chi connectivity index (χ3v) is 3.67. The molecule has 0 aliphatic rings. The zero-order valence-electron chi connectivity index (χ0n) is 12.2. The number of carbonyl (C=O) groups excluding carboxylic acids is 2. The van der Waals surface area contributed by atoms with E-state index in [-0.39, 0.29) is 24.2 Å². The SMILES string of the molecule is CC(C)CN(CC(N)=O)C(=O)c1sc(N(C)C)nc1N. The minimum absolute atomic E-state index is 0.119. The Hall–Kier alpha value is -1.83. The maximum absolute atomic E-state index is 12.5. The van der Waals surface area contributed by atoms with Crippen LogP contribution in [0.25, 0.3) is 0 Å². The van der Waals surface area contributed by atoms with Crippen LogP contribution < -0.4 is 16.4 Å². The van der Waals surface area contributed by atoms with Crippen LogP contribution in [0.3, 0.4) is 0 Å². The number of hydrogen-bond acceptors (Lipinski definition) is 6. The van der Waals surface area contributed by atoms with Gasteiger partial charge in [0.25, 0.3) is 5.91 Å². The van der Waals surface area contributed by atoms with Gasteiger partial charge in [0.2, 0.25) is 5.91 Å². The number of anilines is 2. The van der Waals surface area contributed by atoms with E-state index in [4.69, 9.17) is 11.5 Å². The molecule has 0 saturated heterocycles. The van der Waals surface area contributed by atoms with Gasteiger partial charge in [-0.2, -0.15) is 0 Å². The summed E-state index contributed by atoms with van der Waals surface area (Å²) in [6.07, 6.45) is 0. The number of nitrogens with two attached hydrogens (primary N) is 2. The van der Waals surface area contributed by atoms with E-state index in [1.807, 2.05) is 27.9 Å². The third-order valence-electron chi connectivity index (χ3n) is 2.44. The van der Waals surface area contributed by atoms with Crippen LogP contribution in [0.4, 0.5) is 10.9 Å². The van der Waals surface area contributed by atoms with Crippen molar-refractivity contribution >= 4 is 34.1 Å². The van der Waals surface area contributed by atoms with E-state index in [0.717, 1.165) is 0 Å². The lowest BCUT2D eigenvalue weighted by Gasteiger charge is -2.22. The molecule has 0 saturated carbocycles. The predicted molar refractivity (Wildman–Crippen MR) is 80.8 cm³/mol. The first-order valence-corrected chi connectivity index (χ1v) is 7.05. The summed E-state index contributed by atoms with van der Waals surface area (Å²) in [6.45, 7) is 4.24. The van der Waals surface area contributed by atoms with Crippen LogP contribution in [0.15, 0.2) is 0 Å². The highest BCUT2D eigenvalue weighted by molar-refractivity contribution is 7.18. The van der Waals surface area contributed by atoms with Crippen molar-refractivity contribution in [3.05, 3.63) is 4.88 Å². The Morgan fingerprint density at radius 1 is 1.35 bits per heavy atom. The van der Waals surface area contributed by atoms with Gasteiger partial charge in [0.05, 0.1) is 6.54 Å². The number of rotatable bonds is 6. The lowest BCUT2D eigenvalue weighted by atomic mass is 10.2. The molecule has 1 aromatic rings. The van der Waals surface area contributed by atoms with Gasteiger partial charge in [0.15, 0.2) is 5.13 Å². The quantitative estimate of drug-likeness (QED) is 0.789. The summed E-state index contributed by atoms with van der Waals surface area (Å²) >= 11 is 1.20. The zero-order chi connectivity index (χ0) is 15.4. The van der Waals surface area contributed by atoms with Crippen LogP contribution in [0.5, 0.6) is 0 Å². The van der Waals surface area contributed by atoms with Crippen molar-refractivity contribution in [3.8, 4) is 0 Å². The molecule has 0 radical (unpaired) electrons. The molecule has 0 aromatic carbocycles. The van der Waals surface area contributed by atoms with Crippen LogP contribution >= 0.6 is 11.3 Å². The van der Waals surface area contributed by atoms with Gasteiger partial charge >= 0.3 is 0 Å². The molecule has 112 valence electrons. The van der Waals surface area contributed by atoms with Crippen LogP contribution in [-0.4, -0.2) is 48.9 Å². The maximum atomic E-state index is 12.5. The molecule has 0 spiro atoms. The number of carbonyl (C=O) groups is 2. The number of nitrogens with zero attached hydrogens (tertiary/aromatic N) is 3. The molecule has 4 N–H and O–H groups in total. The van der Waals surface area contributed by atoms with Gasteiger partial charge in [0.1, 0.15) is 10.7 Å². The van der Waals surface area contributed by atoms with E-state index in [0.29, 0.717) is 16.6 Å². The molecule has 0 fully saturated rings. The van der Waals surface area contributed by atoms with Crippen LogP contribution in [0.2, 0.25) is 0 Å². The average molecular weight is 299 g/mol. The molecular weight excluding hydrogens is 278 g/mol. The highest BCUT2D eigenvalue weighted by Gasteiger charge is 2.24. The highest BCUT2D eigenvalue weighted by Crippen LogP contribution is 2.28. The Morgan fingerprint density at radius 2 is 1.95 bits per heavy atom. The Kier molecular flexibility index (Phi) is 5.32. The Balaban J connectivity index is 3.01. The Labute approximate surface area is 122 Å². The number of amides is 2. The summed E-state index contributed by atoms with van der Waals surface area (Å²) < 4.78 is 0. The summed E-state index contributed by atoms with van der Waals surface area (Å²) in [5.74, 6) is -0.446. The summed E-state index contributed by atoms with van der Waals surface area (Å²) in [5, 5.41) is 0.648. The second-order valence-electron chi connectivity index (χ2n) is 5.15. The van der Waals surface area contributed by atoms with E-state index in [9.17, 15) is 9.59 Å². The molecule has 1 aromatic heterocycles. The Morgan fingerprint density at radius 3 is 2.35 bits per heavy atom. The highest BCUT2D eigenvalue weighted by atomic mass is 32.1. The maximum Gasteiger partial charge on any atom is 0.268 e. The molecular formula is C12H21N5O2S. The Bertz CT molecular complexity index is 498. The summed E-state index contributed by atoms with van der Waals surface area (Å²) in [6, 6.07) is 0. The van der Waals surface area contributed by atoms with Gasteiger partial charge in [-0.15, -0.1) is 0 Å². The lowest BCUT2D eigenvalue weighted by molar-refractivity contribution is -0.118. The van der Waals surface area contributed by atoms with E-state index in [2.05, 4.69) is 4.98 Å². The molecule has 0 aliphatic heterocycles. The number of aromatic nitrogens is 1. The molecule has 20 heavy (non-hydrogen) atoms. The molecule has 0 atom stereocenters. The fraction of sp³-hybridized carbons (Fsp3) is 0.583. The molecule has 0 unspecified atom stereocenters. The van der Waals surface area contributed by atoms with Crippen molar-refractivity contribution in [3.63, 3.8) is 0 Å². The van der Waals surface area contributed by atoms with E-state index in [1.54, 1.807) is 4.90 Å². The predicted octanol–water partition coefficient (Wildman–Crippen LogP) is 0.375. The van der Waals surface area contributed by atoms with Crippen molar-refractivity contribution in [1.82, 2.24) is 9.88 Å². The fourth-order valence-corrected chi connectivity index (χ4v) is 2.53. The van der Waals surface area contributed by atoms with Gasteiger partial charge in [-0.25, -0.2) is 4.98 Å². The summed E-state index contributed by atoms with van der Waals surface area (Å²) in [7, 11) is 3.64. The van der Waals surface area contributed by atoms with Gasteiger partial charge in [-0.05, 0) is 5.92 Å². The molecule has 1 heterocycles. The minimum Gasteiger partial charge on any atom is -0.382 e. The van der Waals surface area contributed by atoms with Gasteiger partial charge in [0, 0.05) is 20.6 Å². The number of thiazole rings is 1. The van der Waals surface area contributed by atoms with E-state index in [1.165, 1.54) is 16.2 Å². The van der Waals surface area contributed by atoms with E-state index < -0.39 is 5.91 Å². The van der Waals surface area contributed by atoms with Crippen molar-refractivity contribution in [1.29, 1.82) is 0 Å². The van der Waals surface area contributed by atoms with Crippen molar-refractivity contribution in [2.24, 2.45) is 11.7 Å². The van der Waals surface area contributed by atoms with Gasteiger partial charge in [-0.1, -0.05) is 25.2 Å². The monoisotopic (exact) mass is 299 g/mol. The summed E-state index contributed by atoms with van der Waals surface area (Å²) in [4.78, 5) is 31.2. The minimum atomic E-state index is -0.546. The molecule has 0 bridgehead atoms. The van der Waals surface area contributed by atoms with Crippen molar-refractivity contribution < 1.29 is 9.59 Å². The fourth-order valence-electron chi connectivity index (χ4n) is 1.66. The number of primary amides is 1. The largest absolute Gasteiger partial charge is 0.382 e. The first kappa shape index (κ1) is 16.2. The topological polar surface area (TPSA) is 106 Å². The molecule has 2 amide bonds.